The lowest BCUT2D eigenvalue weighted by atomic mass is 9.82. The van der Waals surface area contributed by atoms with Crippen molar-refractivity contribution in [2.75, 3.05) is 23.3 Å². The van der Waals surface area contributed by atoms with Crippen LogP contribution in [0.1, 0.15) is 60.2 Å². The van der Waals surface area contributed by atoms with E-state index in [1.54, 1.807) is 48.5 Å². The van der Waals surface area contributed by atoms with E-state index >= 15 is 0 Å². The van der Waals surface area contributed by atoms with Crippen molar-refractivity contribution >= 4 is 35.0 Å². The average molecular weight is 486 g/mol. The molecule has 2 aromatic carbocycles. The molecule has 0 unspecified atom stereocenters. The molecule has 36 heavy (non-hydrogen) atoms. The Hall–Kier alpha value is -3.74. The van der Waals surface area contributed by atoms with Gasteiger partial charge in [0.25, 0.3) is 11.8 Å². The van der Waals surface area contributed by atoms with E-state index < -0.39 is 0 Å². The molecule has 1 N–H and O–H groups in total. The van der Waals surface area contributed by atoms with Crippen molar-refractivity contribution in [2.45, 2.75) is 39.5 Å². The zero-order valence-electron chi connectivity index (χ0n) is 20.7. The number of nitrogens with zero attached hydrogens (tertiary/aromatic N) is 2. The molecule has 7 heteroatoms. The number of allylic oxidation sites excluding steroid dienone is 2. The molecule has 4 amide bonds. The second kappa shape index (κ2) is 9.72. The Labute approximate surface area is 211 Å². The number of hydrogen-bond donors (Lipinski definition) is 1. The number of carbonyl (C=O) groups excluding carboxylic acids is 4. The molecule has 2 aliphatic heterocycles. The predicted octanol–water partition coefficient (Wildman–Crippen LogP) is 4.66. The molecule has 186 valence electrons. The topological polar surface area (TPSA) is 86.8 Å². The van der Waals surface area contributed by atoms with Crippen molar-refractivity contribution < 1.29 is 19.2 Å². The van der Waals surface area contributed by atoms with Crippen molar-refractivity contribution in [3.05, 3.63) is 71.3 Å². The van der Waals surface area contributed by atoms with Gasteiger partial charge in [0.1, 0.15) is 0 Å². The van der Waals surface area contributed by atoms with Crippen molar-refractivity contribution in [3.63, 3.8) is 0 Å². The number of anilines is 2. The number of carbonyl (C=O) groups is 4. The molecule has 7 nitrogen and oxygen atoms in total. The maximum absolute atomic E-state index is 12.9. The molecule has 2 atom stereocenters. The molecule has 0 saturated carbocycles. The molecule has 0 spiro atoms. The smallest absolute Gasteiger partial charge is 0.255 e. The molecule has 3 aliphatic rings. The Morgan fingerprint density at radius 1 is 0.917 bits per heavy atom. The molecule has 0 radical (unpaired) electrons. The summed E-state index contributed by atoms with van der Waals surface area (Å²) in [5, 5.41) is 2.85. The number of amides is 4. The van der Waals surface area contributed by atoms with E-state index in [2.05, 4.69) is 12.2 Å². The summed E-state index contributed by atoms with van der Waals surface area (Å²) in [5.41, 5.74) is 3.11. The fraction of sp³-hybridized carbons (Fsp3) is 0.379. The quantitative estimate of drug-likeness (QED) is 0.504. The first-order valence-corrected chi connectivity index (χ1v) is 12.7. The van der Waals surface area contributed by atoms with Crippen molar-refractivity contribution in [3.8, 4) is 0 Å². The van der Waals surface area contributed by atoms with Crippen LogP contribution in [-0.4, -0.2) is 41.6 Å². The Bertz CT molecular complexity index is 1240. The van der Waals surface area contributed by atoms with Gasteiger partial charge < -0.3 is 10.2 Å². The Morgan fingerprint density at radius 2 is 1.61 bits per heavy atom. The normalized spacial score (nSPS) is 22.3. The van der Waals surface area contributed by atoms with E-state index in [9.17, 15) is 19.2 Å². The van der Waals surface area contributed by atoms with Crippen LogP contribution in [0.4, 0.5) is 11.4 Å². The fourth-order valence-corrected chi connectivity index (χ4v) is 5.38. The highest BCUT2D eigenvalue weighted by atomic mass is 16.2. The monoisotopic (exact) mass is 485 g/mol. The summed E-state index contributed by atoms with van der Waals surface area (Å²) in [6, 6.07) is 13.5. The minimum atomic E-state index is -0.328. The Morgan fingerprint density at radius 3 is 2.33 bits per heavy atom. The van der Waals surface area contributed by atoms with Crippen LogP contribution >= 0.6 is 0 Å². The van der Waals surface area contributed by atoms with Crippen LogP contribution in [0, 0.1) is 17.8 Å². The van der Waals surface area contributed by atoms with Gasteiger partial charge in [-0.15, -0.1) is 0 Å². The van der Waals surface area contributed by atoms with E-state index in [4.69, 9.17) is 0 Å². The summed E-state index contributed by atoms with van der Waals surface area (Å²) in [7, 11) is 0. The third kappa shape index (κ3) is 4.57. The van der Waals surface area contributed by atoms with Crippen molar-refractivity contribution in [2.24, 2.45) is 17.8 Å². The van der Waals surface area contributed by atoms with E-state index in [0.29, 0.717) is 41.3 Å². The molecule has 2 fully saturated rings. The van der Waals surface area contributed by atoms with Crippen LogP contribution in [0.25, 0.3) is 0 Å². The first kappa shape index (κ1) is 24.0. The van der Waals surface area contributed by atoms with Gasteiger partial charge in [0, 0.05) is 29.9 Å². The third-order valence-corrected chi connectivity index (χ3v) is 7.65. The van der Waals surface area contributed by atoms with Gasteiger partial charge in [-0.3, -0.25) is 24.1 Å². The van der Waals surface area contributed by atoms with E-state index in [0.717, 1.165) is 31.5 Å². The first-order valence-electron chi connectivity index (χ1n) is 12.7. The molecule has 2 aromatic rings. The molecule has 1 aliphatic carbocycles. The SMILES string of the molecule is CC1=CC[C@H]2C(=O)N(c3ccc(C(=O)Nc4cccc(C(=O)N5CCC(C)CC5)c4)cc3)C(=O)[C@H]2C1. The van der Waals surface area contributed by atoms with Gasteiger partial charge in [0.15, 0.2) is 0 Å². The first-order chi connectivity index (χ1) is 17.3. The summed E-state index contributed by atoms with van der Waals surface area (Å²) in [6.07, 6.45) is 5.26. The Kier molecular flexibility index (Phi) is 6.48. The largest absolute Gasteiger partial charge is 0.339 e. The molecule has 0 bridgehead atoms. The molecular weight excluding hydrogens is 454 g/mol. The number of nitrogens with one attached hydrogen (secondary N) is 1. The molecule has 5 rings (SSSR count). The lowest BCUT2D eigenvalue weighted by Crippen LogP contribution is -2.37. The number of hydrogen-bond acceptors (Lipinski definition) is 4. The van der Waals surface area contributed by atoms with Gasteiger partial charge in [0.2, 0.25) is 11.8 Å². The van der Waals surface area contributed by atoms with E-state index in [1.165, 1.54) is 4.90 Å². The van der Waals surface area contributed by atoms with Gasteiger partial charge >= 0.3 is 0 Å². The zero-order valence-corrected chi connectivity index (χ0v) is 20.7. The lowest BCUT2D eigenvalue weighted by Gasteiger charge is -2.30. The van der Waals surface area contributed by atoms with Crippen LogP contribution in [0.15, 0.2) is 60.2 Å². The van der Waals surface area contributed by atoms with Crippen LogP contribution in [0.3, 0.4) is 0 Å². The molecular formula is C29H31N3O4. The second-order valence-corrected chi connectivity index (χ2v) is 10.3. The number of likely N-dealkylation sites (tertiary alicyclic amines) is 1. The summed E-state index contributed by atoms with van der Waals surface area (Å²) < 4.78 is 0. The highest BCUT2D eigenvalue weighted by molar-refractivity contribution is 6.22. The highest BCUT2D eigenvalue weighted by Crippen LogP contribution is 2.39. The molecule has 2 saturated heterocycles. The van der Waals surface area contributed by atoms with Crippen molar-refractivity contribution in [1.82, 2.24) is 4.90 Å². The van der Waals surface area contributed by atoms with Gasteiger partial charge in [-0.25, -0.2) is 0 Å². The second-order valence-electron chi connectivity index (χ2n) is 10.3. The number of imide groups is 1. The zero-order chi connectivity index (χ0) is 25.4. The Balaban J connectivity index is 1.25. The van der Waals surface area contributed by atoms with Gasteiger partial charge in [-0.05, 0) is 81.0 Å². The number of piperidine rings is 1. The van der Waals surface area contributed by atoms with Crippen LogP contribution < -0.4 is 10.2 Å². The maximum Gasteiger partial charge on any atom is 0.255 e. The number of rotatable bonds is 4. The number of benzene rings is 2. The van der Waals surface area contributed by atoms with Gasteiger partial charge in [0.05, 0.1) is 17.5 Å². The standard InChI is InChI=1S/C29H31N3O4/c1-18-12-14-31(15-13-18)27(34)21-4-3-5-22(17-21)30-26(33)20-7-9-23(10-8-20)32-28(35)24-11-6-19(2)16-25(24)29(32)36/h3-10,17-18,24-25H,11-16H2,1-2H3,(H,30,33)/t24-,25+/m1/s1. The van der Waals surface area contributed by atoms with Gasteiger partial charge in [-0.1, -0.05) is 24.6 Å². The molecule has 2 heterocycles. The summed E-state index contributed by atoms with van der Waals surface area (Å²) in [4.78, 5) is 54.7. The fourth-order valence-electron chi connectivity index (χ4n) is 5.38. The highest BCUT2D eigenvalue weighted by Gasteiger charge is 2.48. The van der Waals surface area contributed by atoms with Crippen molar-refractivity contribution in [1.29, 1.82) is 0 Å². The van der Waals surface area contributed by atoms with E-state index in [1.807, 2.05) is 17.9 Å². The summed E-state index contributed by atoms with van der Waals surface area (Å²) >= 11 is 0. The minimum Gasteiger partial charge on any atom is -0.339 e. The van der Waals surface area contributed by atoms with Gasteiger partial charge in [-0.2, -0.15) is 0 Å². The average Bonchev–Trinajstić information content (AvgIpc) is 3.13. The van der Waals surface area contributed by atoms with Crippen LogP contribution in [-0.2, 0) is 9.59 Å². The van der Waals surface area contributed by atoms with Crippen LogP contribution in [0.2, 0.25) is 0 Å². The third-order valence-electron chi connectivity index (χ3n) is 7.65. The van der Waals surface area contributed by atoms with E-state index in [-0.39, 0.29) is 35.5 Å². The summed E-state index contributed by atoms with van der Waals surface area (Å²) in [5.74, 6) is -0.645. The number of fused-ring (bicyclic) bond motifs is 1. The minimum absolute atomic E-state index is 0.0201. The maximum atomic E-state index is 12.9. The predicted molar refractivity (Wildman–Crippen MR) is 138 cm³/mol. The summed E-state index contributed by atoms with van der Waals surface area (Å²) in [6.45, 7) is 5.70. The molecule has 0 aromatic heterocycles. The lowest BCUT2D eigenvalue weighted by molar-refractivity contribution is -0.122. The van der Waals surface area contributed by atoms with Crippen LogP contribution in [0.5, 0.6) is 0 Å².